The van der Waals surface area contributed by atoms with E-state index in [0.717, 1.165) is 48.2 Å². The molecule has 198 valence electrons. The van der Waals surface area contributed by atoms with Gasteiger partial charge >= 0.3 is 0 Å². The standard InChI is InChI=1S/C37H35N3/c1-3-12-29-18-11-19-30(13-4-2)36(29)38-35-21-20-31-22-23-40(37(31)39-35)34-25-32(27-14-7-5-8-15-27)24-33(26-34)28-16-9-6-10-17-28/h5-11,14-26H,3-4,12-13H2,1-2H3,(H,38,39). The number of aryl methyl sites for hydroxylation is 2. The fourth-order valence-electron chi connectivity index (χ4n) is 5.53. The maximum atomic E-state index is 5.17. The first-order valence-corrected chi connectivity index (χ1v) is 14.4. The van der Waals surface area contributed by atoms with Gasteiger partial charge in [0.2, 0.25) is 0 Å². The minimum absolute atomic E-state index is 0.871. The second kappa shape index (κ2) is 11.6. The number of fused-ring (bicyclic) bond motifs is 1. The molecule has 0 atom stereocenters. The maximum absolute atomic E-state index is 5.17. The van der Waals surface area contributed by atoms with Crippen LogP contribution in [0.2, 0.25) is 0 Å². The van der Waals surface area contributed by atoms with Crippen LogP contribution in [0.4, 0.5) is 11.5 Å². The van der Waals surface area contributed by atoms with Crippen molar-refractivity contribution >= 4 is 22.5 Å². The summed E-state index contributed by atoms with van der Waals surface area (Å²) in [6, 6.07) is 41.1. The summed E-state index contributed by atoms with van der Waals surface area (Å²) in [7, 11) is 0. The van der Waals surface area contributed by atoms with Crippen molar-refractivity contribution in [2.45, 2.75) is 39.5 Å². The molecule has 3 nitrogen and oxygen atoms in total. The van der Waals surface area contributed by atoms with Gasteiger partial charge in [0, 0.05) is 23.0 Å². The lowest BCUT2D eigenvalue weighted by Gasteiger charge is -2.17. The van der Waals surface area contributed by atoms with E-state index in [1.807, 2.05) is 0 Å². The number of para-hydroxylation sites is 1. The van der Waals surface area contributed by atoms with Crippen molar-refractivity contribution in [3.8, 4) is 27.9 Å². The predicted molar refractivity (Wildman–Crippen MR) is 170 cm³/mol. The van der Waals surface area contributed by atoms with E-state index in [2.05, 4.69) is 145 Å². The van der Waals surface area contributed by atoms with E-state index in [0.29, 0.717) is 0 Å². The van der Waals surface area contributed by atoms with Gasteiger partial charge in [0.1, 0.15) is 11.5 Å². The van der Waals surface area contributed by atoms with Crippen molar-refractivity contribution in [2.24, 2.45) is 0 Å². The molecule has 0 bridgehead atoms. The minimum Gasteiger partial charge on any atom is -0.340 e. The van der Waals surface area contributed by atoms with Crippen molar-refractivity contribution in [1.29, 1.82) is 0 Å². The molecule has 2 heterocycles. The third kappa shape index (κ3) is 5.28. The van der Waals surface area contributed by atoms with Crippen molar-refractivity contribution in [3.63, 3.8) is 0 Å². The Kier molecular flexibility index (Phi) is 7.45. The summed E-state index contributed by atoms with van der Waals surface area (Å²) in [4.78, 5) is 5.17. The number of pyridine rings is 1. The van der Waals surface area contributed by atoms with Crippen molar-refractivity contribution in [1.82, 2.24) is 9.55 Å². The molecule has 6 aromatic rings. The number of nitrogens with one attached hydrogen (secondary N) is 1. The quantitative estimate of drug-likeness (QED) is 0.205. The molecule has 1 N–H and O–H groups in total. The lowest BCUT2D eigenvalue weighted by atomic mass is 9.98. The third-order valence-electron chi connectivity index (χ3n) is 7.48. The van der Waals surface area contributed by atoms with Crippen LogP contribution >= 0.6 is 0 Å². The Morgan fingerprint density at radius 3 is 1.77 bits per heavy atom. The Balaban J connectivity index is 1.46. The molecule has 2 aromatic heterocycles. The smallest absolute Gasteiger partial charge is 0.146 e. The minimum atomic E-state index is 0.871. The van der Waals surface area contributed by atoms with Crippen LogP contribution in [0.15, 0.2) is 121 Å². The zero-order valence-corrected chi connectivity index (χ0v) is 23.3. The van der Waals surface area contributed by atoms with E-state index in [4.69, 9.17) is 4.98 Å². The van der Waals surface area contributed by atoms with Crippen LogP contribution in [0, 0.1) is 0 Å². The van der Waals surface area contributed by atoms with Crippen LogP contribution in [-0.2, 0) is 12.8 Å². The number of hydrogen-bond acceptors (Lipinski definition) is 2. The number of rotatable bonds is 9. The van der Waals surface area contributed by atoms with Gasteiger partial charge in [-0.2, -0.15) is 0 Å². The molecule has 0 aliphatic heterocycles. The molecule has 0 amide bonds. The molecule has 0 radical (unpaired) electrons. The molecule has 0 spiro atoms. The first-order chi connectivity index (χ1) is 19.7. The molecule has 0 fully saturated rings. The Labute approximate surface area is 237 Å². The van der Waals surface area contributed by atoms with Gasteiger partial charge in [0.15, 0.2) is 0 Å². The van der Waals surface area contributed by atoms with E-state index in [9.17, 15) is 0 Å². The third-order valence-corrected chi connectivity index (χ3v) is 7.48. The largest absolute Gasteiger partial charge is 0.340 e. The predicted octanol–water partition coefficient (Wildman–Crippen LogP) is 10.0. The monoisotopic (exact) mass is 521 g/mol. The molecule has 0 aliphatic carbocycles. The van der Waals surface area contributed by atoms with Gasteiger partial charge in [-0.05, 0) is 82.6 Å². The Hall–Kier alpha value is -4.63. The zero-order chi connectivity index (χ0) is 27.3. The summed E-state index contributed by atoms with van der Waals surface area (Å²) in [5.74, 6) is 0.871. The van der Waals surface area contributed by atoms with Crippen LogP contribution in [-0.4, -0.2) is 9.55 Å². The van der Waals surface area contributed by atoms with Gasteiger partial charge in [-0.1, -0.05) is 106 Å². The van der Waals surface area contributed by atoms with Crippen molar-refractivity contribution in [3.05, 3.63) is 133 Å². The van der Waals surface area contributed by atoms with E-state index in [1.54, 1.807) is 0 Å². The molecular formula is C37H35N3. The first kappa shape index (κ1) is 25.6. The summed E-state index contributed by atoms with van der Waals surface area (Å²) in [5, 5.41) is 4.84. The summed E-state index contributed by atoms with van der Waals surface area (Å²) >= 11 is 0. The number of benzene rings is 4. The molecule has 0 aliphatic rings. The molecular weight excluding hydrogens is 486 g/mol. The number of hydrogen-bond donors (Lipinski definition) is 1. The van der Waals surface area contributed by atoms with Crippen molar-refractivity contribution in [2.75, 3.05) is 5.32 Å². The molecule has 0 saturated carbocycles. The highest BCUT2D eigenvalue weighted by Gasteiger charge is 2.13. The van der Waals surface area contributed by atoms with E-state index in [1.165, 1.54) is 39.1 Å². The van der Waals surface area contributed by atoms with E-state index < -0.39 is 0 Å². The highest BCUT2D eigenvalue weighted by Crippen LogP contribution is 2.32. The Bertz CT molecular complexity index is 1650. The van der Waals surface area contributed by atoms with E-state index in [-0.39, 0.29) is 0 Å². The normalized spacial score (nSPS) is 11.2. The Morgan fingerprint density at radius 1 is 0.600 bits per heavy atom. The van der Waals surface area contributed by atoms with Gasteiger partial charge in [-0.3, -0.25) is 0 Å². The molecule has 0 unspecified atom stereocenters. The summed E-state index contributed by atoms with van der Waals surface area (Å²) < 4.78 is 2.21. The molecule has 3 heteroatoms. The fraction of sp³-hybridized carbons (Fsp3) is 0.162. The van der Waals surface area contributed by atoms with E-state index >= 15 is 0 Å². The second-order valence-electron chi connectivity index (χ2n) is 10.4. The molecule has 6 rings (SSSR count). The van der Waals surface area contributed by atoms with Crippen LogP contribution in [0.1, 0.15) is 37.8 Å². The number of anilines is 2. The van der Waals surface area contributed by atoms with Crippen LogP contribution in [0.25, 0.3) is 39.0 Å². The summed E-state index contributed by atoms with van der Waals surface area (Å²) in [5.41, 5.74) is 10.7. The maximum Gasteiger partial charge on any atom is 0.146 e. The number of aromatic nitrogens is 2. The zero-order valence-electron chi connectivity index (χ0n) is 23.3. The average Bonchev–Trinajstić information content (AvgIpc) is 3.43. The van der Waals surface area contributed by atoms with Gasteiger partial charge in [0.05, 0.1) is 0 Å². The van der Waals surface area contributed by atoms with Crippen molar-refractivity contribution < 1.29 is 0 Å². The van der Waals surface area contributed by atoms with Gasteiger partial charge in [0.25, 0.3) is 0 Å². The van der Waals surface area contributed by atoms with Crippen LogP contribution in [0.3, 0.4) is 0 Å². The summed E-state index contributed by atoms with van der Waals surface area (Å²) in [6.07, 6.45) is 6.45. The summed E-state index contributed by atoms with van der Waals surface area (Å²) in [6.45, 7) is 4.47. The van der Waals surface area contributed by atoms with Crippen LogP contribution in [0.5, 0.6) is 0 Å². The average molecular weight is 522 g/mol. The first-order valence-electron chi connectivity index (χ1n) is 14.4. The highest BCUT2D eigenvalue weighted by atomic mass is 15.1. The lowest BCUT2D eigenvalue weighted by Crippen LogP contribution is -2.03. The Morgan fingerprint density at radius 2 is 1.20 bits per heavy atom. The number of nitrogens with zero attached hydrogens (tertiary/aromatic N) is 2. The fourth-order valence-corrected chi connectivity index (χ4v) is 5.53. The molecule has 4 aromatic carbocycles. The van der Waals surface area contributed by atoms with Gasteiger partial charge in [-0.25, -0.2) is 4.98 Å². The topological polar surface area (TPSA) is 29.9 Å². The SMILES string of the molecule is CCCc1cccc(CCC)c1Nc1ccc2ccn(-c3cc(-c4ccccc4)cc(-c4ccccc4)c3)c2n1. The second-order valence-corrected chi connectivity index (χ2v) is 10.4. The molecule has 0 saturated heterocycles. The van der Waals surface area contributed by atoms with Gasteiger partial charge < -0.3 is 9.88 Å². The highest BCUT2D eigenvalue weighted by molar-refractivity contribution is 5.83. The molecule has 40 heavy (non-hydrogen) atoms. The van der Waals surface area contributed by atoms with Gasteiger partial charge in [-0.15, -0.1) is 0 Å². The lowest BCUT2D eigenvalue weighted by molar-refractivity contribution is 0.898. The van der Waals surface area contributed by atoms with Crippen LogP contribution < -0.4 is 5.32 Å².